The molecule has 0 radical (unpaired) electrons. The van der Waals surface area contributed by atoms with Gasteiger partial charge in [-0.05, 0) is 18.1 Å². The third-order valence-electron chi connectivity index (χ3n) is 4.64. The number of carbonyl (C=O) groups is 2. The predicted octanol–water partition coefficient (Wildman–Crippen LogP) is 1.39. The molecule has 0 bridgehead atoms. The summed E-state index contributed by atoms with van der Waals surface area (Å²) >= 11 is 0. The Morgan fingerprint density at radius 2 is 2.12 bits per heavy atom. The summed E-state index contributed by atoms with van der Waals surface area (Å²) in [5, 5.41) is 9.17. The second-order valence-electron chi connectivity index (χ2n) is 6.35. The van der Waals surface area contributed by atoms with Crippen molar-refractivity contribution in [1.29, 1.82) is 5.26 Å². The van der Waals surface area contributed by atoms with Crippen molar-refractivity contribution in [3.63, 3.8) is 0 Å². The maximum absolute atomic E-state index is 12.6. The lowest BCUT2D eigenvalue weighted by atomic mass is 10.1. The van der Waals surface area contributed by atoms with Crippen molar-refractivity contribution in [2.75, 3.05) is 32.9 Å². The van der Waals surface area contributed by atoms with Crippen LogP contribution in [0, 0.1) is 11.3 Å². The Balaban J connectivity index is 1.65. The summed E-state index contributed by atoms with van der Waals surface area (Å²) in [4.78, 5) is 29.9. The zero-order valence-electron chi connectivity index (χ0n) is 14.4. The lowest BCUT2D eigenvalue weighted by molar-refractivity contribution is -0.125. The maximum atomic E-state index is 12.6. The number of hydrogen-bond donors (Lipinski definition) is 0. The van der Waals surface area contributed by atoms with Gasteiger partial charge in [0.1, 0.15) is 6.54 Å². The summed E-state index contributed by atoms with van der Waals surface area (Å²) < 4.78 is 5.64. The molecule has 7 nitrogen and oxygen atoms in total. The van der Waals surface area contributed by atoms with Crippen LogP contribution < -0.4 is 0 Å². The first-order chi connectivity index (χ1) is 12.1. The standard InChI is InChI=1S/C18H22N4O3/c1-2-16-11-20(7-8-25-16)13-21-12-17(23)22(18(21)24)10-15-6-4-3-5-14(15)9-19/h3-6,16H,2,7-8,10-13H2,1H3/t16-/m0/s1. The number of nitriles is 1. The number of urea groups is 1. The fourth-order valence-electron chi connectivity index (χ4n) is 3.19. The van der Waals surface area contributed by atoms with Gasteiger partial charge in [-0.25, -0.2) is 4.79 Å². The van der Waals surface area contributed by atoms with E-state index in [0.717, 1.165) is 19.5 Å². The Bertz CT molecular complexity index is 700. The van der Waals surface area contributed by atoms with Gasteiger partial charge in [-0.1, -0.05) is 25.1 Å². The van der Waals surface area contributed by atoms with Crippen LogP contribution in [0.15, 0.2) is 24.3 Å². The van der Waals surface area contributed by atoms with Gasteiger partial charge in [-0.3, -0.25) is 14.6 Å². The van der Waals surface area contributed by atoms with Crippen LogP contribution >= 0.6 is 0 Å². The largest absolute Gasteiger partial charge is 0.376 e. The molecule has 0 aliphatic carbocycles. The summed E-state index contributed by atoms with van der Waals surface area (Å²) in [5.41, 5.74) is 1.17. The molecule has 2 heterocycles. The molecule has 0 saturated carbocycles. The first-order valence-corrected chi connectivity index (χ1v) is 8.53. The number of carbonyl (C=O) groups excluding carboxylic acids is 2. The van der Waals surface area contributed by atoms with E-state index in [2.05, 4.69) is 17.9 Å². The SMILES string of the molecule is CC[C@H]1CN(CN2CC(=O)N(Cc3ccccc3C#N)C2=O)CCO1. The highest BCUT2D eigenvalue weighted by Crippen LogP contribution is 2.18. The quantitative estimate of drug-likeness (QED) is 0.756. The van der Waals surface area contributed by atoms with Gasteiger partial charge in [0.2, 0.25) is 0 Å². The van der Waals surface area contributed by atoms with Crippen LogP contribution in [-0.4, -0.2) is 65.7 Å². The van der Waals surface area contributed by atoms with E-state index in [4.69, 9.17) is 4.74 Å². The fraction of sp³-hybridized carbons (Fsp3) is 0.500. The average molecular weight is 342 g/mol. The summed E-state index contributed by atoms with van der Waals surface area (Å²) in [6.45, 7) is 4.90. The Morgan fingerprint density at radius 3 is 2.88 bits per heavy atom. The number of ether oxygens (including phenoxy) is 1. The van der Waals surface area contributed by atoms with Crippen molar-refractivity contribution in [3.05, 3.63) is 35.4 Å². The summed E-state index contributed by atoms with van der Waals surface area (Å²) in [5.74, 6) is -0.224. The zero-order chi connectivity index (χ0) is 17.8. The van der Waals surface area contributed by atoms with Crippen molar-refractivity contribution in [3.8, 4) is 6.07 Å². The maximum Gasteiger partial charge on any atom is 0.328 e. The molecule has 2 aliphatic heterocycles. The molecular formula is C18H22N4O3. The highest BCUT2D eigenvalue weighted by atomic mass is 16.5. The summed E-state index contributed by atoms with van der Waals surface area (Å²) in [6.07, 6.45) is 1.11. The van der Waals surface area contributed by atoms with E-state index >= 15 is 0 Å². The third kappa shape index (κ3) is 3.81. The van der Waals surface area contributed by atoms with Crippen molar-refractivity contribution in [2.24, 2.45) is 0 Å². The van der Waals surface area contributed by atoms with Crippen LogP contribution in [0.5, 0.6) is 0 Å². The van der Waals surface area contributed by atoms with Gasteiger partial charge >= 0.3 is 6.03 Å². The van der Waals surface area contributed by atoms with Gasteiger partial charge in [-0.2, -0.15) is 5.26 Å². The molecule has 0 aromatic heterocycles. The van der Waals surface area contributed by atoms with Gasteiger partial charge in [0.05, 0.1) is 37.6 Å². The molecule has 0 N–H and O–H groups in total. The van der Waals surface area contributed by atoms with Crippen molar-refractivity contribution >= 4 is 11.9 Å². The Morgan fingerprint density at radius 1 is 1.32 bits per heavy atom. The van der Waals surface area contributed by atoms with Crippen LogP contribution in [0.1, 0.15) is 24.5 Å². The molecular weight excluding hydrogens is 320 g/mol. The number of benzene rings is 1. The summed E-state index contributed by atoms with van der Waals surface area (Å²) in [7, 11) is 0. The predicted molar refractivity (Wildman–Crippen MR) is 90.3 cm³/mol. The van der Waals surface area contributed by atoms with E-state index in [0.29, 0.717) is 24.4 Å². The van der Waals surface area contributed by atoms with Crippen LogP contribution in [0.4, 0.5) is 4.79 Å². The lowest BCUT2D eigenvalue weighted by Gasteiger charge is -2.34. The third-order valence-corrected chi connectivity index (χ3v) is 4.64. The monoisotopic (exact) mass is 342 g/mol. The lowest BCUT2D eigenvalue weighted by Crippen LogP contribution is -2.48. The van der Waals surface area contributed by atoms with Gasteiger partial charge in [0, 0.05) is 13.1 Å². The molecule has 7 heteroatoms. The average Bonchev–Trinajstić information content (AvgIpc) is 2.89. The minimum absolute atomic E-state index is 0.0850. The highest BCUT2D eigenvalue weighted by Gasteiger charge is 2.37. The number of hydrogen-bond acceptors (Lipinski definition) is 5. The van der Waals surface area contributed by atoms with E-state index in [-0.39, 0.29) is 31.1 Å². The normalized spacial score (nSPS) is 21.7. The Hall–Kier alpha value is -2.43. The molecule has 2 saturated heterocycles. The van der Waals surface area contributed by atoms with E-state index in [1.807, 2.05) is 0 Å². The molecule has 1 aromatic carbocycles. The molecule has 0 spiro atoms. The fourth-order valence-corrected chi connectivity index (χ4v) is 3.19. The topological polar surface area (TPSA) is 76.9 Å². The molecule has 3 rings (SSSR count). The second kappa shape index (κ2) is 7.64. The second-order valence-corrected chi connectivity index (χ2v) is 6.35. The van der Waals surface area contributed by atoms with Crippen LogP contribution in [0.2, 0.25) is 0 Å². The van der Waals surface area contributed by atoms with E-state index in [1.165, 1.54) is 4.90 Å². The molecule has 1 atom stereocenters. The van der Waals surface area contributed by atoms with Crippen LogP contribution in [-0.2, 0) is 16.1 Å². The zero-order valence-corrected chi connectivity index (χ0v) is 14.4. The minimum atomic E-state index is -0.294. The molecule has 2 aliphatic rings. The highest BCUT2D eigenvalue weighted by molar-refractivity contribution is 6.01. The molecule has 1 aromatic rings. The van der Waals surface area contributed by atoms with Crippen molar-refractivity contribution in [1.82, 2.24) is 14.7 Å². The minimum Gasteiger partial charge on any atom is -0.376 e. The number of nitrogens with zero attached hydrogens (tertiary/aromatic N) is 4. The smallest absolute Gasteiger partial charge is 0.328 e. The van der Waals surface area contributed by atoms with Crippen LogP contribution in [0.3, 0.4) is 0 Å². The Labute approximate surface area is 147 Å². The molecule has 2 fully saturated rings. The van der Waals surface area contributed by atoms with Crippen LogP contribution in [0.25, 0.3) is 0 Å². The number of amides is 3. The molecule has 3 amide bonds. The van der Waals surface area contributed by atoms with Gasteiger partial charge < -0.3 is 9.64 Å². The number of morpholine rings is 1. The van der Waals surface area contributed by atoms with Crippen molar-refractivity contribution in [2.45, 2.75) is 26.0 Å². The Kier molecular flexibility index (Phi) is 5.31. The first kappa shape index (κ1) is 17.4. The van der Waals surface area contributed by atoms with Gasteiger partial charge in [-0.15, -0.1) is 0 Å². The van der Waals surface area contributed by atoms with Gasteiger partial charge in [0.15, 0.2) is 0 Å². The summed E-state index contributed by atoms with van der Waals surface area (Å²) in [6, 6.07) is 8.84. The molecule has 25 heavy (non-hydrogen) atoms. The number of rotatable bonds is 5. The first-order valence-electron chi connectivity index (χ1n) is 8.53. The number of imide groups is 1. The van der Waals surface area contributed by atoms with E-state index < -0.39 is 0 Å². The van der Waals surface area contributed by atoms with E-state index in [1.54, 1.807) is 29.2 Å². The molecule has 0 unspecified atom stereocenters. The van der Waals surface area contributed by atoms with Gasteiger partial charge in [0.25, 0.3) is 5.91 Å². The van der Waals surface area contributed by atoms with Crippen molar-refractivity contribution < 1.29 is 14.3 Å². The molecule has 132 valence electrons. The van der Waals surface area contributed by atoms with E-state index in [9.17, 15) is 14.9 Å².